The Morgan fingerprint density at radius 2 is 1.58 bits per heavy atom. The van der Waals surface area contributed by atoms with Crippen molar-refractivity contribution in [3.63, 3.8) is 0 Å². The molecule has 1 aliphatic rings. The maximum absolute atomic E-state index is 13.4. The summed E-state index contributed by atoms with van der Waals surface area (Å²) in [5, 5.41) is 11.4. The zero-order valence-electron chi connectivity index (χ0n) is 19.5. The second kappa shape index (κ2) is 8.58. The van der Waals surface area contributed by atoms with Crippen LogP contribution in [0.15, 0.2) is 66.2 Å². The normalized spacial score (nSPS) is 17.5. The maximum Gasteiger partial charge on any atom is 0.300 e. The molecule has 1 saturated heterocycles. The van der Waals surface area contributed by atoms with Gasteiger partial charge in [0.05, 0.1) is 18.7 Å². The zero-order chi connectivity index (χ0) is 23.9. The highest BCUT2D eigenvalue weighted by Crippen LogP contribution is 2.45. The summed E-state index contributed by atoms with van der Waals surface area (Å²) >= 11 is 0. The Labute approximate surface area is 193 Å². The molecule has 0 aromatic heterocycles. The Morgan fingerprint density at radius 3 is 2.27 bits per heavy atom. The van der Waals surface area contributed by atoms with Gasteiger partial charge in [0.25, 0.3) is 11.7 Å². The van der Waals surface area contributed by atoms with Gasteiger partial charge in [0.1, 0.15) is 11.5 Å². The molecule has 168 valence electrons. The predicted molar refractivity (Wildman–Crippen MR) is 130 cm³/mol. The van der Waals surface area contributed by atoms with E-state index in [4.69, 9.17) is 4.74 Å². The van der Waals surface area contributed by atoms with Crippen molar-refractivity contribution in [2.75, 3.05) is 12.0 Å². The van der Waals surface area contributed by atoms with Crippen LogP contribution in [0, 0.1) is 27.7 Å². The first-order valence-electron chi connectivity index (χ1n) is 10.8. The fourth-order valence-corrected chi connectivity index (χ4v) is 4.30. The molecule has 1 amide bonds. The lowest BCUT2D eigenvalue weighted by molar-refractivity contribution is -0.132. The minimum absolute atomic E-state index is 0.0522. The van der Waals surface area contributed by atoms with Crippen LogP contribution in [0.5, 0.6) is 5.75 Å². The number of benzene rings is 3. The van der Waals surface area contributed by atoms with E-state index in [2.05, 4.69) is 0 Å². The van der Waals surface area contributed by atoms with Gasteiger partial charge in [0.2, 0.25) is 0 Å². The van der Waals surface area contributed by atoms with Crippen molar-refractivity contribution in [1.29, 1.82) is 0 Å². The number of Topliss-reactive ketones (excluding diaryl/α,β-unsaturated/α-hetero) is 1. The summed E-state index contributed by atoms with van der Waals surface area (Å²) in [6.45, 7) is 7.74. The van der Waals surface area contributed by atoms with Crippen LogP contribution in [0.2, 0.25) is 0 Å². The molecule has 1 heterocycles. The number of carbonyl (C=O) groups is 2. The number of nitrogens with zero attached hydrogens (tertiary/aromatic N) is 1. The molecule has 0 aliphatic carbocycles. The van der Waals surface area contributed by atoms with E-state index >= 15 is 0 Å². The molecule has 0 radical (unpaired) electrons. The van der Waals surface area contributed by atoms with Crippen molar-refractivity contribution in [1.82, 2.24) is 0 Å². The van der Waals surface area contributed by atoms with E-state index in [0.717, 1.165) is 22.3 Å². The SMILES string of the molecule is COc1ccccc1C1/C(=C(\O)c2cc(C)ccc2C)C(=O)C(=O)N1c1ccc(C)c(C)c1. The third kappa shape index (κ3) is 3.80. The molecular formula is C28H27NO4. The van der Waals surface area contributed by atoms with Crippen LogP contribution >= 0.6 is 0 Å². The highest BCUT2D eigenvalue weighted by atomic mass is 16.5. The minimum Gasteiger partial charge on any atom is -0.507 e. The Kier molecular flexibility index (Phi) is 5.81. The molecule has 0 saturated carbocycles. The van der Waals surface area contributed by atoms with E-state index in [1.807, 2.05) is 82.3 Å². The van der Waals surface area contributed by atoms with E-state index in [1.165, 1.54) is 4.90 Å². The number of aliphatic hydroxyl groups excluding tert-OH is 1. The number of ether oxygens (including phenoxy) is 1. The third-order valence-electron chi connectivity index (χ3n) is 6.29. The minimum atomic E-state index is -0.830. The fourth-order valence-electron chi connectivity index (χ4n) is 4.30. The fraction of sp³-hybridized carbons (Fsp3) is 0.214. The number of hydrogen-bond acceptors (Lipinski definition) is 4. The van der Waals surface area contributed by atoms with Crippen molar-refractivity contribution < 1.29 is 19.4 Å². The largest absolute Gasteiger partial charge is 0.507 e. The molecule has 5 nitrogen and oxygen atoms in total. The molecule has 1 atom stereocenters. The standard InChI is InChI=1S/C28H27NO4/c1-16-10-11-18(3)22(14-16)26(30)24-25(21-8-6-7-9-23(21)33-5)29(28(32)27(24)31)20-13-12-17(2)19(4)15-20/h6-15,25,30H,1-5H3/b26-24+. The molecule has 1 aliphatic heterocycles. The van der Waals surface area contributed by atoms with Crippen LogP contribution in [0.3, 0.4) is 0 Å². The number of methoxy groups -OCH3 is 1. The Balaban J connectivity index is 2.03. The van der Waals surface area contributed by atoms with Gasteiger partial charge in [-0.1, -0.05) is 42.0 Å². The molecule has 4 rings (SSSR count). The monoisotopic (exact) mass is 441 g/mol. The Morgan fingerprint density at radius 1 is 0.879 bits per heavy atom. The highest BCUT2D eigenvalue weighted by Gasteiger charge is 2.48. The molecule has 1 fully saturated rings. The molecule has 1 N–H and O–H groups in total. The van der Waals surface area contributed by atoms with Gasteiger partial charge >= 0.3 is 0 Å². The number of rotatable bonds is 4. The van der Waals surface area contributed by atoms with Gasteiger partial charge in [-0.05, 0) is 68.7 Å². The number of aryl methyl sites for hydroxylation is 4. The first kappa shape index (κ1) is 22.3. The van der Waals surface area contributed by atoms with E-state index in [0.29, 0.717) is 22.6 Å². The number of para-hydroxylation sites is 1. The van der Waals surface area contributed by atoms with Crippen molar-refractivity contribution in [3.8, 4) is 5.75 Å². The summed E-state index contributed by atoms with van der Waals surface area (Å²) in [7, 11) is 1.55. The van der Waals surface area contributed by atoms with Gasteiger partial charge in [-0.15, -0.1) is 0 Å². The average molecular weight is 442 g/mol. The van der Waals surface area contributed by atoms with Gasteiger partial charge in [-0.25, -0.2) is 0 Å². The van der Waals surface area contributed by atoms with Crippen molar-refractivity contribution in [3.05, 3.63) is 99.6 Å². The van der Waals surface area contributed by atoms with Crippen LogP contribution in [0.25, 0.3) is 5.76 Å². The molecule has 33 heavy (non-hydrogen) atoms. The molecule has 3 aromatic carbocycles. The maximum atomic E-state index is 13.4. The summed E-state index contributed by atoms with van der Waals surface area (Å²) in [5.74, 6) is -1.05. The number of hydrogen-bond donors (Lipinski definition) is 1. The van der Waals surface area contributed by atoms with Crippen LogP contribution < -0.4 is 9.64 Å². The van der Waals surface area contributed by atoms with Crippen molar-refractivity contribution in [2.24, 2.45) is 0 Å². The van der Waals surface area contributed by atoms with E-state index in [9.17, 15) is 14.7 Å². The molecule has 3 aromatic rings. The van der Waals surface area contributed by atoms with Crippen LogP contribution in [-0.2, 0) is 9.59 Å². The quantitative estimate of drug-likeness (QED) is 0.327. The average Bonchev–Trinajstić information content (AvgIpc) is 3.07. The van der Waals surface area contributed by atoms with E-state index in [-0.39, 0.29) is 11.3 Å². The van der Waals surface area contributed by atoms with Gasteiger partial charge in [0.15, 0.2) is 0 Å². The lowest BCUT2D eigenvalue weighted by atomic mass is 9.92. The van der Waals surface area contributed by atoms with Crippen LogP contribution in [-0.4, -0.2) is 23.9 Å². The summed E-state index contributed by atoms with van der Waals surface area (Å²) < 4.78 is 5.58. The molecule has 5 heteroatoms. The van der Waals surface area contributed by atoms with E-state index in [1.54, 1.807) is 13.2 Å². The number of carbonyl (C=O) groups excluding carboxylic acids is 2. The first-order chi connectivity index (χ1) is 15.7. The lowest BCUT2D eigenvalue weighted by Crippen LogP contribution is -2.29. The number of ketones is 1. The topological polar surface area (TPSA) is 66.8 Å². The Hall–Kier alpha value is -3.86. The third-order valence-corrected chi connectivity index (χ3v) is 6.29. The van der Waals surface area contributed by atoms with Crippen LogP contribution in [0.1, 0.15) is 39.4 Å². The second-order valence-electron chi connectivity index (χ2n) is 8.50. The summed E-state index contributed by atoms with van der Waals surface area (Å²) in [5.41, 5.74) is 5.65. The van der Waals surface area contributed by atoms with Gasteiger partial charge in [-0.2, -0.15) is 0 Å². The van der Waals surface area contributed by atoms with Gasteiger partial charge in [-0.3, -0.25) is 14.5 Å². The van der Waals surface area contributed by atoms with Crippen LogP contribution in [0.4, 0.5) is 5.69 Å². The number of anilines is 1. The zero-order valence-corrected chi connectivity index (χ0v) is 19.5. The van der Waals surface area contributed by atoms with E-state index < -0.39 is 17.7 Å². The number of amides is 1. The summed E-state index contributed by atoms with van der Waals surface area (Å²) in [6.07, 6.45) is 0. The van der Waals surface area contributed by atoms with Crippen molar-refractivity contribution in [2.45, 2.75) is 33.7 Å². The highest BCUT2D eigenvalue weighted by molar-refractivity contribution is 6.51. The van der Waals surface area contributed by atoms with Crippen molar-refractivity contribution >= 4 is 23.1 Å². The lowest BCUT2D eigenvalue weighted by Gasteiger charge is -2.27. The molecule has 0 spiro atoms. The molecule has 1 unspecified atom stereocenters. The molecular weight excluding hydrogens is 414 g/mol. The summed E-state index contributed by atoms with van der Waals surface area (Å²) in [6, 6.07) is 17.7. The first-order valence-corrected chi connectivity index (χ1v) is 10.8. The Bertz CT molecular complexity index is 1300. The molecule has 0 bridgehead atoms. The van der Waals surface area contributed by atoms with Gasteiger partial charge < -0.3 is 9.84 Å². The predicted octanol–water partition coefficient (Wildman–Crippen LogP) is 5.56. The number of aliphatic hydroxyl groups is 1. The van der Waals surface area contributed by atoms with Gasteiger partial charge in [0, 0.05) is 16.8 Å². The smallest absolute Gasteiger partial charge is 0.300 e. The second-order valence-corrected chi connectivity index (χ2v) is 8.50. The summed E-state index contributed by atoms with van der Waals surface area (Å²) in [4.78, 5) is 28.2.